The van der Waals surface area contributed by atoms with E-state index in [0.717, 1.165) is 30.4 Å². The van der Waals surface area contributed by atoms with Crippen molar-refractivity contribution in [3.63, 3.8) is 0 Å². The predicted octanol–water partition coefficient (Wildman–Crippen LogP) is 2.92. The van der Waals surface area contributed by atoms with Crippen LogP contribution in [0.3, 0.4) is 0 Å². The monoisotopic (exact) mass is 327 g/mol. The number of nitrogens with zero attached hydrogens (tertiary/aromatic N) is 2. The highest BCUT2D eigenvalue weighted by molar-refractivity contribution is 9.10. The summed E-state index contributed by atoms with van der Waals surface area (Å²) in [7, 11) is 0. The molecule has 0 aromatic heterocycles. The van der Waals surface area contributed by atoms with Crippen LogP contribution >= 0.6 is 15.9 Å². The lowest BCUT2D eigenvalue weighted by molar-refractivity contribution is -0.384. The molecular formula is C13H18BrN3O2. The molecular weight excluding hydrogens is 310 g/mol. The van der Waals surface area contributed by atoms with Gasteiger partial charge in [-0.2, -0.15) is 0 Å². The van der Waals surface area contributed by atoms with Gasteiger partial charge in [0.05, 0.1) is 4.92 Å². The largest absolute Gasteiger partial charge is 0.366 e. The zero-order valence-corrected chi connectivity index (χ0v) is 12.5. The van der Waals surface area contributed by atoms with Crippen molar-refractivity contribution < 1.29 is 4.92 Å². The van der Waals surface area contributed by atoms with Crippen LogP contribution in [0.15, 0.2) is 22.7 Å². The summed E-state index contributed by atoms with van der Waals surface area (Å²) in [6, 6.07) is 5.28. The topological polar surface area (TPSA) is 72.4 Å². The molecule has 0 amide bonds. The number of nitrogens with two attached hydrogens (primary N) is 1. The van der Waals surface area contributed by atoms with Crippen LogP contribution < -0.4 is 10.6 Å². The van der Waals surface area contributed by atoms with Crippen LogP contribution in [0, 0.1) is 16.0 Å². The standard InChI is InChI=1S/C13H18BrN3O2/c1-9(15)10-4-6-16(7-5-10)13-8-11(14)2-3-12(13)17(18)19/h2-3,8-10H,4-7,15H2,1H3. The quantitative estimate of drug-likeness (QED) is 0.684. The van der Waals surface area contributed by atoms with Crippen molar-refractivity contribution in [2.24, 2.45) is 11.7 Å². The molecule has 1 aliphatic rings. The number of halogens is 1. The van der Waals surface area contributed by atoms with Gasteiger partial charge in [0.2, 0.25) is 0 Å². The third-order valence-corrected chi connectivity index (χ3v) is 4.25. The molecule has 2 rings (SSSR count). The Hall–Kier alpha value is -1.14. The lowest BCUT2D eigenvalue weighted by Crippen LogP contribution is -2.39. The summed E-state index contributed by atoms with van der Waals surface area (Å²) in [5, 5.41) is 11.1. The predicted molar refractivity (Wildman–Crippen MR) is 79.4 cm³/mol. The summed E-state index contributed by atoms with van der Waals surface area (Å²) in [5.41, 5.74) is 6.78. The van der Waals surface area contributed by atoms with Crippen molar-refractivity contribution in [3.05, 3.63) is 32.8 Å². The maximum Gasteiger partial charge on any atom is 0.292 e. The van der Waals surface area contributed by atoms with Gasteiger partial charge in [0, 0.05) is 29.7 Å². The minimum atomic E-state index is -0.320. The van der Waals surface area contributed by atoms with E-state index in [1.165, 1.54) is 0 Å². The van der Waals surface area contributed by atoms with Gasteiger partial charge in [-0.1, -0.05) is 15.9 Å². The maximum absolute atomic E-state index is 11.1. The Morgan fingerprint density at radius 1 is 1.47 bits per heavy atom. The number of anilines is 1. The van der Waals surface area contributed by atoms with Crippen LogP contribution in [0.4, 0.5) is 11.4 Å². The fraction of sp³-hybridized carbons (Fsp3) is 0.538. The van der Waals surface area contributed by atoms with Crippen molar-refractivity contribution in [1.82, 2.24) is 0 Å². The molecule has 1 aromatic rings. The summed E-state index contributed by atoms with van der Waals surface area (Å²) in [5.74, 6) is 0.516. The first-order chi connectivity index (χ1) is 8.99. The van der Waals surface area contributed by atoms with Gasteiger partial charge >= 0.3 is 0 Å². The summed E-state index contributed by atoms with van der Waals surface area (Å²) in [6.07, 6.45) is 1.97. The molecule has 1 atom stereocenters. The van der Waals surface area contributed by atoms with Crippen molar-refractivity contribution in [2.75, 3.05) is 18.0 Å². The molecule has 1 aromatic carbocycles. The van der Waals surface area contributed by atoms with Gasteiger partial charge in [-0.05, 0) is 37.8 Å². The molecule has 19 heavy (non-hydrogen) atoms. The van der Waals surface area contributed by atoms with Gasteiger partial charge in [-0.15, -0.1) is 0 Å². The highest BCUT2D eigenvalue weighted by atomic mass is 79.9. The SMILES string of the molecule is CC(N)C1CCN(c2cc(Br)ccc2[N+](=O)[O-])CC1. The van der Waals surface area contributed by atoms with E-state index >= 15 is 0 Å². The number of rotatable bonds is 3. The average molecular weight is 328 g/mol. The zero-order valence-electron chi connectivity index (χ0n) is 10.9. The first kappa shape index (κ1) is 14.3. The zero-order chi connectivity index (χ0) is 14.0. The highest BCUT2D eigenvalue weighted by Gasteiger charge is 2.26. The maximum atomic E-state index is 11.1. The third-order valence-electron chi connectivity index (χ3n) is 3.76. The van der Waals surface area contributed by atoms with Crippen LogP contribution in [0.1, 0.15) is 19.8 Å². The molecule has 0 saturated carbocycles. The van der Waals surface area contributed by atoms with Gasteiger partial charge in [0.25, 0.3) is 5.69 Å². The number of hydrogen-bond acceptors (Lipinski definition) is 4. The van der Waals surface area contributed by atoms with Gasteiger partial charge in [0.1, 0.15) is 5.69 Å². The Bertz CT molecular complexity index is 471. The van der Waals surface area contributed by atoms with Crippen LogP contribution in [-0.4, -0.2) is 24.1 Å². The van der Waals surface area contributed by atoms with Crippen LogP contribution in [-0.2, 0) is 0 Å². The minimum absolute atomic E-state index is 0.169. The molecule has 1 heterocycles. The minimum Gasteiger partial charge on any atom is -0.366 e. The molecule has 5 nitrogen and oxygen atoms in total. The molecule has 0 aliphatic carbocycles. The van der Waals surface area contributed by atoms with E-state index in [-0.39, 0.29) is 16.7 Å². The van der Waals surface area contributed by atoms with E-state index in [1.54, 1.807) is 12.1 Å². The van der Waals surface area contributed by atoms with Crippen molar-refractivity contribution in [2.45, 2.75) is 25.8 Å². The van der Waals surface area contributed by atoms with E-state index in [1.807, 2.05) is 13.0 Å². The second kappa shape index (κ2) is 5.88. The number of hydrogen-bond donors (Lipinski definition) is 1. The lowest BCUT2D eigenvalue weighted by atomic mass is 9.90. The number of nitro benzene ring substituents is 1. The van der Waals surface area contributed by atoms with Gasteiger partial charge in [-0.25, -0.2) is 0 Å². The Balaban J connectivity index is 2.19. The van der Waals surface area contributed by atoms with Crippen LogP contribution in [0.2, 0.25) is 0 Å². The van der Waals surface area contributed by atoms with E-state index in [9.17, 15) is 10.1 Å². The molecule has 0 bridgehead atoms. The van der Waals surface area contributed by atoms with E-state index in [2.05, 4.69) is 20.8 Å². The second-order valence-corrected chi connectivity index (χ2v) is 5.99. The van der Waals surface area contributed by atoms with Gasteiger partial charge in [0.15, 0.2) is 0 Å². The summed E-state index contributed by atoms with van der Waals surface area (Å²) in [6.45, 7) is 3.68. The molecule has 0 spiro atoms. The van der Waals surface area contributed by atoms with E-state index in [0.29, 0.717) is 11.6 Å². The normalized spacial score (nSPS) is 18.4. The Morgan fingerprint density at radius 3 is 2.63 bits per heavy atom. The van der Waals surface area contributed by atoms with E-state index < -0.39 is 0 Å². The molecule has 1 aliphatic heterocycles. The Kier molecular flexibility index (Phi) is 4.42. The molecule has 0 radical (unpaired) electrons. The van der Waals surface area contributed by atoms with Gasteiger partial charge < -0.3 is 10.6 Å². The average Bonchev–Trinajstić information content (AvgIpc) is 2.38. The third kappa shape index (κ3) is 3.25. The van der Waals surface area contributed by atoms with Crippen LogP contribution in [0.5, 0.6) is 0 Å². The smallest absolute Gasteiger partial charge is 0.292 e. The number of benzene rings is 1. The second-order valence-electron chi connectivity index (χ2n) is 5.07. The highest BCUT2D eigenvalue weighted by Crippen LogP contribution is 2.34. The molecule has 6 heteroatoms. The van der Waals surface area contributed by atoms with Gasteiger partial charge in [-0.3, -0.25) is 10.1 Å². The summed E-state index contributed by atoms with van der Waals surface area (Å²) >= 11 is 3.38. The van der Waals surface area contributed by atoms with Crippen molar-refractivity contribution in [1.29, 1.82) is 0 Å². The summed E-state index contributed by atoms with van der Waals surface area (Å²) < 4.78 is 0.863. The molecule has 1 fully saturated rings. The lowest BCUT2D eigenvalue weighted by Gasteiger charge is -2.34. The Labute approximate surface area is 121 Å². The molecule has 2 N–H and O–H groups in total. The summed E-state index contributed by atoms with van der Waals surface area (Å²) in [4.78, 5) is 12.9. The first-order valence-electron chi connectivity index (χ1n) is 6.43. The molecule has 1 saturated heterocycles. The number of nitro groups is 1. The van der Waals surface area contributed by atoms with Crippen molar-refractivity contribution in [3.8, 4) is 0 Å². The van der Waals surface area contributed by atoms with Crippen molar-refractivity contribution >= 4 is 27.3 Å². The molecule has 104 valence electrons. The Morgan fingerprint density at radius 2 is 2.11 bits per heavy atom. The fourth-order valence-electron chi connectivity index (χ4n) is 2.57. The van der Waals surface area contributed by atoms with E-state index in [4.69, 9.17) is 5.73 Å². The number of piperidine rings is 1. The van der Waals surface area contributed by atoms with Crippen LogP contribution in [0.25, 0.3) is 0 Å². The fourth-order valence-corrected chi connectivity index (χ4v) is 2.92. The first-order valence-corrected chi connectivity index (χ1v) is 7.23. The molecule has 1 unspecified atom stereocenters.